The molecule has 1 rings (SSSR count). The zero-order valence-electron chi connectivity index (χ0n) is 13.8. The van der Waals surface area contributed by atoms with Gasteiger partial charge in [0, 0.05) is 18.7 Å². The van der Waals surface area contributed by atoms with E-state index in [0.717, 1.165) is 6.26 Å². The molecule has 2 amide bonds. The van der Waals surface area contributed by atoms with E-state index in [1.54, 1.807) is 32.9 Å². The van der Waals surface area contributed by atoms with Gasteiger partial charge >= 0.3 is 0 Å². The molecule has 1 aromatic carbocycles. The summed E-state index contributed by atoms with van der Waals surface area (Å²) in [4.78, 5) is 25.6. The molecule has 0 heterocycles. The van der Waals surface area contributed by atoms with Crippen molar-refractivity contribution in [1.82, 2.24) is 10.2 Å². The SMILES string of the molecule is CCNC(=O)CN(CC)C(=O)c1ccc(C)c(NS(C)(=O)=O)c1. The largest absolute Gasteiger partial charge is 0.355 e. The first-order valence-electron chi connectivity index (χ1n) is 7.32. The van der Waals surface area contributed by atoms with E-state index in [9.17, 15) is 18.0 Å². The van der Waals surface area contributed by atoms with Crippen molar-refractivity contribution in [2.24, 2.45) is 0 Å². The van der Waals surface area contributed by atoms with Crippen LogP contribution in [0.5, 0.6) is 0 Å². The van der Waals surface area contributed by atoms with Gasteiger partial charge in [-0.3, -0.25) is 14.3 Å². The third kappa shape index (κ3) is 5.90. The van der Waals surface area contributed by atoms with Crippen LogP contribution in [0.4, 0.5) is 5.69 Å². The molecule has 0 spiro atoms. The summed E-state index contributed by atoms with van der Waals surface area (Å²) in [5.41, 5.74) is 1.39. The molecule has 0 aromatic heterocycles. The van der Waals surface area contributed by atoms with Crippen molar-refractivity contribution in [3.05, 3.63) is 29.3 Å². The lowest BCUT2D eigenvalue weighted by molar-refractivity contribution is -0.121. The first-order valence-corrected chi connectivity index (χ1v) is 9.21. The summed E-state index contributed by atoms with van der Waals surface area (Å²) in [6, 6.07) is 4.77. The summed E-state index contributed by atoms with van der Waals surface area (Å²) in [5, 5.41) is 2.64. The van der Waals surface area contributed by atoms with Crippen LogP contribution in [0.15, 0.2) is 18.2 Å². The Morgan fingerprint density at radius 1 is 1.22 bits per heavy atom. The number of anilines is 1. The molecule has 0 radical (unpaired) electrons. The van der Waals surface area contributed by atoms with Crippen LogP contribution >= 0.6 is 0 Å². The Kier molecular flexibility index (Phi) is 6.56. The fraction of sp³-hybridized carbons (Fsp3) is 0.467. The molecule has 0 atom stereocenters. The molecule has 2 N–H and O–H groups in total. The van der Waals surface area contributed by atoms with Crippen molar-refractivity contribution >= 4 is 27.5 Å². The monoisotopic (exact) mass is 341 g/mol. The lowest BCUT2D eigenvalue weighted by Gasteiger charge is -2.21. The van der Waals surface area contributed by atoms with Crippen LogP contribution in [-0.2, 0) is 14.8 Å². The molecule has 0 aliphatic carbocycles. The van der Waals surface area contributed by atoms with Crippen molar-refractivity contribution in [3.8, 4) is 0 Å². The van der Waals surface area contributed by atoms with E-state index in [1.165, 1.54) is 11.0 Å². The summed E-state index contributed by atoms with van der Waals surface area (Å²) < 4.78 is 25.1. The van der Waals surface area contributed by atoms with Crippen LogP contribution in [0.1, 0.15) is 29.8 Å². The quantitative estimate of drug-likeness (QED) is 0.772. The van der Waals surface area contributed by atoms with Crippen molar-refractivity contribution in [3.63, 3.8) is 0 Å². The first kappa shape index (κ1) is 19.0. The van der Waals surface area contributed by atoms with E-state index >= 15 is 0 Å². The van der Waals surface area contributed by atoms with E-state index in [1.807, 2.05) is 0 Å². The fourth-order valence-corrected chi connectivity index (χ4v) is 2.62. The van der Waals surface area contributed by atoms with Gasteiger partial charge in [0.1, 0.15) is 0 Å². The Balaban J connectivity index is 3.02. The number of amides is 2. The number of rotatable bonds is 7. The van der Waals surface area contributed by atoms with Gasteiger partial charge in [-0.05, 0) is 38.5 Å². The second-order valence-corrected chi connectivity index (χ2v) is 6.93. The van der Waals surface area contributed by atoms with Crippen molar-refractivity contribution in [2.75, 3.05) is 30.6 Å². The third-order valence-corrected chi connectivity index (χ3v) is 3.75. The topological polar surface area (TPSA) is 95.6 Å². The second-order valence-electron chi connectivity index (χ2n) is 5.18. The van der Waals surface area contributed by atoms with E-state index < -0.39 is 10.0 Å². The molecule has 0 aliphatic rings. The minimum absolute atomic E-state index is 0.0358. The maximum absolute atomic E-state index is 12.5. The Morgan fingerprint density at radius 2 is 1.87 bits per heavy atom. The Labute approximate surface area is 137 Å². The predicted molar refractivity (Wildman–Crippen MR) is 89.9 cm³/mol. The minimum atomic E-state index is -3.43. The van der Waals surface area contributed by atoms with Crippen molar-refractivity contribution < 1.29 is 18.0 Å². The minimum Gasteiger partial charge on any atom is -0.355 e. The molecule has 23 heavy (non-hydrogen) atoms. The molecule has 0 fully saturated rings. The van der Waals surface area contributed by atoms with Crippen LogP contribution in [0.3, 0.4) is 0 Å². The number of aryl methyl sites for hydroxylation is 1. The van der Waals surface area contributed by atoms with Crippen LogP contribution in [-0.4, -0.2) is 51.0 Å². The number of carbonyl (C=O) groups is 2. The zero-order valence-corrected chi connectivity index (χ0v) is 14.7. The summed E-state index contributed by atoms with van der Waals surface area (Å²) in [6.45, 7) is 6.16. The molecule has 0 aliphatic heterocycles. The number of sulfonamides is 1. The van der Waals surface area contributed by atoms with Gasteiger partial charge in [0.25, 0.3) is 5.91 Å². The molecule has 8 heteroatoms. The van der Waals surface area contributed by atoms with Gasteiger partial charge in [0.15, 0.2) is 0 Å². The number of benzene rings is 1. The van der Waals surface area contributed by atoms with Gasteiger partial charge in [-0.2, -0.15) is 0 Å². The van der Waals surface area contributed by atoms with Gasteiger partial charge in [-0.15, -0.1) is 0 Å². The van der Waals surface area contributed by atoms with Gasteiger partial charge in [0.05, 0.1) is 18.5 Å². The lowest BCUT2D eigenvalue weighted by atomic mass is 10.1. The number of nitrogens with one attached hydrogen (secondary N) is 2. The third-order valence-electron chi connectivity index (χ3n) is 3.16. The molecular weight excluding hydrogens is 318 g/mol. The van der Waals surface area contributed by atoms with Gasteiger partial charge < -0.3 is 10.2 Å². The number of nitrogens with zero attached hydrogens (tertiary/aromatic N) is 1. The molecule has 0 saturated carbocycles. The normalized spacial score (nSPS) is 11.0. The van der Waals surface area contributed by atoms with Gasteiger partial charge in [-0.25, -0.2) is 8.42 Å². The highest BCUT2D eigenvalue weighted by molar-refractivity contribution is 7.92. The van der Waals surface area contributed by atoms with Gasteiger partial charge in [-0.1, -0.05) is 6.07 Å². The highest BCUT2D eigenvalue weighted by Crippen LogP contribution is 2.19. The average molecular weight is 341 g/mol. The highest BCUT2D eigenvalue weighted by atomic mass is 32.2. The molecular formula is C15H23N3O4S. The Bertz CT molecular complexity index is 686. The van der Waals surface area contributed by atoms with Crippen LogP contribution in [0, 0.1) is 6.92 Å². The summed E-state index contributed by atoms with van der Waals surface area (Å²) in [7, 11) is -3.43. The number of hydrogen-bond acceptors (Lipinski definition) is 4. The maximum Gasteiger partial charge on any atom is 0.254 e. The Hall–Kier alpha value is -2.09. The van der Waals surface area contributed by atoms with E-state index in [-0.39, 0.29) is 18.4 Å². The Morgan fingerprint density at radius 3 is 2.39 bits per heavy atom. The highest BCUT2D eigenvalue weighted by Gasteiger charge is 2.18. The molecule has 0 unspecified atom stereocenters. The first-order chi connectivity index (χ1) is 10.7. The molecule has 0 bridgehead atoms. The fourth-order valence-electron chi connectivity index (χ4n) is 2.00. The molecule has 128 valence electrons. The van der Waals surface area contributed by atoms with Crippen molar-refractivity contribution in [1.29, 1.82) is 0 Å². The lowest BCUT2D eigenvalue weighted by Crippen LogP contribution is -2.40. The average Bonchev–Trinajstić information content (AvgIpc) is 2.45. The maximum atomic E-state index is 12.5. The van der Waals surface area contributed by atoms with Gasteiger partial charge in [0.2, 0.25) is 15.9 Å². The number of hydrogen-bond donors (Lipinski definition) is 2. The number of likely N-dealkylation sites (N-methyl/N-ethyl adjacent to an activating group) is 2. The summed E-state index contributed by atoms with van der Waals surface area (Å²) in [6.07, 6.45) is 1.05. The summed E-state index contributed by atoms with van der Waals surface area (Å²) in [5.74, 6) is -0.556. The number of carbonyl (C=O) groups excluding carboxylic acids is 2. The molecule has 1 aromatic rings. The smallest absolute Gasteiger partial charge is 0.254 e. The second kappa shape index (κ2) is 7.96. The standard InChI is InChI=1S/C15H23N3O4S/c1-5-16-14(19)10-18(6-2)15(20)12-8-7-11(3)13(9-12)17-23(4,21)22/h7-9,17H,5-6,10H2,1-4H3,(H,16,19). The molecule has 7 nitrogen and oxygen atoms in total. The summed E-state index contributed by atoms with van der Waals surface area (Å²) >= 11 is 0. The van der Waals surface area contributed by atoms with Crippen LogP contribution < -0.4 is 10.0 Å². The van der Waals surface area contributed by atoms with E-state index in [2.05, 4.69) is 10.0 Å². The van der Waals surface area contributed by atoms with E-state index in [4.69, 9.17) is 0 Å². The van der Waals surface area contributed by atoms with Crippen molar-refractivity contribution in [2.45, 2.75) is 20.8 Å². The van der Waals surface area contributed by atoms with E-state index in [0.29, 0.717) is 29.9 Å². The molecule has 0 saturated heterocycles. The van der Waals surface area contributed by atoms with Crippen LogP contribution in [0.25, 0.3) is 0 Å². The van der Waals surface area contributed by atoms with Crippen LogP contribution in [0.2, 0.25) is 0 Å². The zero-order chi connectivity index (χ0) is 17.6. The predicted octanol–water partition coefficient (Wildman–Crippen LogP) is 0.965.